The van der Waals surface area contributed by atoms with Crippen molar-refractivity contribution < 1.29 is 0 Å². The smallest absolute Gasteiger partial charge is 0.0584 e. The van der Waals surface area contributed by atoms with Crippen LogP contribution < -0.4 is 0 Å². The minimum Gasteiger partial charge on any atom is -0.157 e. The summed E-state index contributed by atoms with van der Waals surface area (Å²) in [5, 5.41) is 0. The van der Waals surface area contributed by atoms with Crippen LogP contribution in [0, 0.1) is 5.92 Å². The second-order valence-corrected chi connectivity index (χ2v) is 20.9. The molecule has 0 radical (unpaired) electrons. The Labute approximate surface area is 282 Å². The number of hydrogen-bond donors (Lipinski definition) is 0. The topological polar surface area (TPSA) is 0 Å². The largest absolute Gasteiger partial charge is 0.157 e. The third kappa shape index (κ3) is 8.27. The lowest BCUT2D eigenvalue weighted by Crippen LogP contribution is -2.16. The van der Waals surface area contributed by atoms with E-state index < -0.39 is 10.0 Å². The summed E-state index contributed by atoms with van der Waals surface area (Å²) in [6, 6.07) is 15.6. The molecule has 3 heteroatoms. The molecule has 3 heterocycles. The first-order valence-electron chi connectivity index (χ1n) is 18.1. The molecular formula is C41H64S3. The van der Waals surface area contributed by atoms with Crippen molar-refractivity contribution >= 4 is 32.7 Å². The molecule has 1 atom stereocenters. The number of thiophene rings is 2. The van der Waals surface area contributed by atoms with Crippen molar-refractivity contribution in [3.05, 3.63) is 51.7 Å². The van der Waals surface area contributed by atoms with Crippen LogP contribution in [0.15, 0.2) is 51.1 Å². The first kappa shape index (κ1) is 35.8. The van der Waals surface area contributed by atoms with E-state index in [1.54, 1.807) is 34.2 Å². The molecule has 3 aromatic rings. The number of hydrogen-bond acceptors (Lipinski definition) is 2. The molecule has 0 bridgehead atoms. The summed E-state index contributed by atoms with van der Waals surface area (Å²) in [5.41, 5.74) is 1.88. The van der Waals surface area contributed by atoms with E-state index in [2.05, 4.69) is 121 Å². The summed E-state index contributed by atoms with van der Waals surface area (Å²) < 4.78 is 0. The average molecular weight is 653 g/mol. The third-order valence-electron chi connectivity index (χ3n) is 9.64. The molecule has 4 rings (SSSR count). The van der Waals surface area contributed by atoms with Crippen molar-refractivity contribution in [3.8, 4) is 9.75 Å². The maximum absolute atomic E-state index is 2.69. The predicted octanol–water partition coefficient (Wildman–Crippen LogP) is 15.0. The normalized spacial score (nSPS) is 15.8. The first-order valence-corrected chi connectivity index (χ1v) is 21.6. The van der Waals surface area contributed by atoms with Gasteiger partial charge in [0.05, 0.1) is 9.75 Å². The molecule has 246 valence electrons. The van der Waals surface area contributed by atoms with Crippen molar-refractivity contribution in [1.82, 2.24) is 0 Å². The van der Waals surface area contributed by atoms with Gasteiger partial charge >= 0.3 is 0 Å². The number of rotatable bonds is 17. The lowest BCUT2D eigenvalue weighted by molar-refractivity contribution is 0.449. The van der Waals surface area contributed by atoms with E-state index in [1.807, 2.05) is 0 Å². The fourth-order valence-electron chi connectivity index (χ4n) is 6.81. The fraction of sp³-hybridized carbons (Fsp3) is 0.659. The Balaban J connectivity index is 1.84. The molecule has 0 nitrogen and oxygen atoms in total. The lowest BCUT2D eigenvalue weighted by Gasteiger charge is -2.41. The van der Waals surface area contributed by atoms with Crippen LogP contribution in [0.4, 0.5) is 0 Å². The zero-order chi connectivity index (χ0) is 32.0. The van der Waals surface area contributed by atoms with Crippen LogP contribution in [-0.4, -0.2) is 5.75 Å². The maximum atomic E-state index is 2.69. The SMILES string of the molecule is CCCCCCCc1ccc(S2(CC(CCCC)CCCCCC)c3cc(C(C)(C)C)sc3-c3sc(C(C)(C)C)cc32)cc1. The Bertz CT molecular complexity index is 1230. The van der Waals surface area contributed by atoms with Gasteiger partial charge in [0.15, 0.2) is 0 Å². The van der Waals surface area contributed by atoms with Crippen LogP contribution in [0.2, 0.25) is 0 Å². The first-order chi connectivity index (χ1) is 21.0. The molecule has 1 aromatic carbocycles. The van der Waals surface area contributed by atoms with Gasteiger partial charge in [-0.1, -0.05) is 139 Å². The molecule has 0 spiro atoms. The fourth-order valence-corrected chi connectivity index (χ4v) is 15.0. The van der Waals surface area contributed by atoms with Crippen molar-refractivity contribution in [2.75, 3.05) is 5.75 Å². The van der Waals surface area contributed by atoms with Crippen LogP contribution >= 0.6 is 32.7 Å². The van der Waals surface area contributed by atoms with Gasteiger partial charge in [0.2, 0.25) is 0 Å². The lowest BCUT2D eigenvalue weighted by atomic mass is 9.95. The number of aryl methyl sites for hydroxylation is 1. The average Bonchev–Trinajstić information content (AvgIpc) is 3.67. The second kappa shape index (κ2) is 15.7. The predicted molar refractivity (Wildman–Crippen MR) is 203 cm³/mol. The van der Waals surface area contributed by atoms with Gasteiger partial charge in [-0.05, 0) is 82.9 Å². The van der Waals surface area contributed by atoms with E-state index in [1.165, 1.54) is 101 Å². The van der Waals surface area contributed by atoms with E-state index in [0.29, 0.717) is 0 Å². The molecule has 0 N–H and O–H groups in total. The van der Waals surface area contributed by atoms with Gasteiger partial charge in [-0.2, -0.15) is 10.0 Å². The standard InChI is InChI=1S/C41H64S3/c1-10-13-16-18-20-22-31-24-26-33(27-25-31)44(30-32(21-15-12-3)23-19-17-14-11-2)34-28-36(40(4,5)6)42-38(34)39-35(44)29-37(43-39)41(7,8)9/h24-29,32H,10-23,30H2,1-9H3. The molecule has 1 aliphatic heterocycles. The van der Waals surface area contributed by atoms with Crippen molar-refractivity contribution in [1.29, 1.82) is 0 Å². The number of benzene rings is 1. The molecular weight excluding hydrogens is 589 g/mol. The molecule has 0 aliphatic carbocycles. The maximum Gasteiger partial charge on any atom is 0.0584 e. The summed E-state index contributed by atoms with van der Waals surface area (Å²) >= 11 is 4.23. The number of fused-ring (bicyclic) bond motifs is 3. The Morgan fingerprint density at radius 1 is 0.591 bits per heavy atom. The molecule has 2 aromatic heterocycles. The highest BCUT2D eigenvalue weighted by Gasteiger charge is 2.46. The Morgan fingerprint density at radius 2 is 1.07 bits per heavy atom. The highest BCUT2D eigenvalue weighted by atomic mass is 32.3. The van der Waals surface area contributed by atoms with E-state index >= 15 is 0 Å². The summed E-state index contributed by atoms with van der Waals surface area (Å²) in [6.45, 7) is 21.5. The molecule has 44 heavy (non-hydrogen) atoms. The zero-order valence-electron chi connectivity index (χ0n) is 29.9. The van der Waals surface area contributed by atoms with E-state index in [-0.39, 0.29) is 10.8 Å². The second-order valence-electron chi connectivity index (χ2n) is 15.7. The summed E-state index contributed by atoms with van der Waals surface area (Å²) in [4.78, 5) is 11.4. The van der Waals surface area contributed by atoms with E-state index in [0.717, 1.165) is 5.92 Å². The summed E-state index contributed by atoms with van der Waals surface area (Å²) in [5.74, 6) is 2.12. The van der Waals surface area contributed by atoms with Gasteiger partial charge in [-0.25, -0.2) is 0 Å². The molecule has 0 fully saturated rings. The Morgan fingerprint density at radius 3 is 1.57 bits per heavy atom. The highest BCUT2D eigenvalue weighted by molar-refractivity contribution is 8.34. The molecule has 1 aliphatic rings. The Kier molecular flexibility index (Phi) is 12.8. The van der Waals surface area contributed by atoms with Crippen LogP contribution in [-0.2, 0) is 17.3 Å². The van der Waals surface area contributed by atoms with Gasteiger partial charge in [0, 0.05) is 19.5 Å². The molecule has 0 amide bonds. The van der Waals surface area contributed by atoms with Gasteiger partial charge in [-0.15, -0.1) is 22.7 Å². The van der Waals surface area contributed by atoms with Crippen LogP contribution in [0.1, 0.15) is 161 Å². The number of unbranched alkanes of at least 4 members (excludes halogenated alkanes) is 8. The molecule has 0 saturated carbocycles. The van der Waals surface area contributed by atoms with E-state index in [4.69, 9.17) is 0 Å². The van der Waals surface area contributed by atoms with Crippen molar-refractivity contribution in [2.45, 2.75) is 178 Å². The molecule has 0 saturated heterocycles. The highest BCUT2D eigenvalue weighted by Crippen LogP contribution is 2.79. The van der Waals surface area contributed by atoms with Gasteiger partial charge in [0.1, 0.15) is 0 Å². The van der Waals surface area contributed by atoms with Crippen LogP contribution in [0.5, 0.6) is 0 Å². The van der Waals surface area contributed by atoms with Crippen LogP contribution in [0.25, 0.3) is 9.75 Å². The molecule has 1 unspecified atom stereocenters. The minimum absolute atomic E-state index is 0.174. The quantitative estimate of drug-likeness (QED) is 0.127. The summed E-state index contributed by atoms with van der Waals surface area (Å²) in [6.07, 6.45) is 18.9. The minimum atomic E-state index is -1.34. The van der Waals surface area contributed by atoms with Gasteiger partial charge in [-0.3, -0.25) is 0 Å². The van der Waals surface area contributed by atoms with Crippen molar-refractivity contribution in [2.24, 2.45) is 5.92 Å². The van der Waals surface area contributed by atoms with Crippen molar-refractivity contribution in [3.63, 3.8) is 0 Å². The van der Waals surface area contributed by atoms with Gasteiger partial charge < -0.3 is 0 Å². The Hall–Kier alpha value is -1.03. The van der Waals surface area contributed by atoms with Gasteiger partial charge in [0.25, 0.3) is 0 Å². The van der Waals surface area contributed by atoms with E-state index in [9.17, 15) is 0 Å². The monoisotopic (exact) mass is 652 g/mol. The van der Waals surface area contributed by atoms with Crippen LogP contribution in [0.3, 0.4) is 0 Å². The third-order valence-corrected chi connectivity index (χ3v) is 17.4. The zero-order valence-corrected chi connectivity index (χ0v) is 32.3. The summed E-state index contributed by atoms with van der Waals surface area (Å²) in [7, 11) is -1.34.